The van der Waals surface area contributed by atoms with Crippen LogP contribution in [0, 0.1) is 6.92 Å². The van der Waals surface area contributed by atoms with E-state index in [0.29, 0.717) is 6.04 Å². The van der Waals surface area contributed by atoms with E-state index in [1.165, 1.54) is 25.0 Å². The van der Waals surface area contributed by atoms with E-state index >= 15 is 0 Å². The standard InChI is InChI=1S/C13H23N3O/c1-11-8-13(15(2)14-11)9-16-7-5-3-4-6-12(16)10-17/h8,12,17H,3-7,9-10H2,1-2H3. The molecular weight excluding hydrogens is 214 g/mol. The third-order valence-corrected chi connectivity index (χ3v) is 3.67. The van der Waals surface area contributed by atoms with Crippen LogP contribution in [0.2, 0.25) is 0 Å². The smallest absolute Gasteiger partial charge is 0.0597 e. The lowest BCUT2D eigenvalue weighted by Gasteiger charge is -2.28. The molecule has 0 aromatic carbocycles. The zero-order chi connectivity index (χ0) is 12.3. The first kappa shape index (κ1) is 12.6. The topological polar surface area (TPSA) is 41.3 Å². The lowest BCUT2D eigenvalue weighted by Crippen LogP contribution is -2.37. The Hall–Kier alpha value is -0.870. The van der Waals surface area contributed by atoms with E-state index in [9.17, 15) is 5.11 Å². The van der Waals surface area contributed by atoms with Gasteiger partial charge in [0.2, 0.25) is 0 Å². The Balaban J connectivity index is 2.06. The van der Waals surface area contributed by atoms with E-state index in [1.807, 2.05) is 18.7 Å². The van der Waals surface area contributed by atoms with Crippen molar-refractivity contribution in [1.29, 1.82) is 0 Å². The Morgan fingerprint density at radius 2 is 2.24 bits per heavy atom. The highest BCUT2D eigenvalue weighted by atomic mass is 16.3. The van der Waals surface area contributed by atoms with Crippen LogP contribution in [0.15, 0.2) is 6.07 Å². The summed E-state index contributed by atoms with van der Waals surface area (Å²) in [6.45, 7) is 4.30. The maximum Gasteiger partial charge on any atom is 0.0597 e. The Morgan fingerprint density at radius 3 is 2.88 bits per heavy atom. The number of aliphatic hydroxyl groups excluding tert-OH is 1. The second-order valence-corrected chi connectivity index (χ2v) is 5.06. The molecule has 17 heavy (non-hydrogen) atoms. The molecule has 1 unspecified atom stereocenters. The number of likely N-dealkylation sites (tertiary alicyclic amines) is 1. The fourth-order valence-electron chi connectivity index (χ4n) is 2.67. The normalized spacial score (nSPS) is 22.6. The van der Waals surface area contributed by atoms with Gasteiger partial charge in [-0.2, -0.15) is 5.10 Å². The van der Waals surface area contributed by atoms with Gasteiger partial charge in [-0.15, -0.1) is 0 Å². The van der Waals surface area contributed by atoms with Crippen LogP contribution >= 0.6 is 0 Å². The lowest BCUT2D eigenvalue weighted by molar-refractivity contribution is 0.116. The molecule has 0 bridgehead atoms. The monoisotopic (exact) mass is 237 g/mol. The van der Waals surface area contributed by atoms with Crippen LogP contribution in [0.3, 0.4) is 0 Å². The second kappa shape index (κ2) is 5.65. The van der Waals surface area contributed by atoms with Crippen molar-refractivity contribution in [3.63, 3.8) is 0 Å². The summed E-state index contributed by atoms with van der Waals surface area (Å²) in [4.78, 5) is 2.41. The quantitative estimate of drug-likeness (QED) is 0.865. The molecule has 96 valence electrons. The number of hydrogen-bond donors (Lipinski definition) is 1. The van der Waals surface area contributed by atoms with Gasteiger partial charge in [-0.25, -0.2) is 0 Å². The van der Waals surface area contributed by atoms with Crippen molar-refractivity contribution in [2.75, 3.05) is 13.2 Å². The summed E-state index contributed by atoms with van der Waals surface area (Å²) in [5.74, 6) is 0. The molecule has 2 heterocycles. The Labute approximate surface area is 103 Å². The van der Waals surface area contributed by atoms with Crippen LogP contribution in [-0.4, -0.2) is 39.0 Å². The van der Waals surface area contributed by atoms with E-state index in [0.717, 1.165) is 25.2 Å². The fraction of sp³-hybridized carbons (Fsp3) is 0.769. The van der Waals surface area contributed by atoms with Crippen LogP contribution in [0.5, 0.6) is 0 Å². The average molecular weight is 237 g/mol. The predicted molar refractivity (Wildman–Crippen MR) is 67.7 cm³/mol. The lowest BCUT2D eigenvalue weighted by atomic mass is 10.1. The van der Waals surface area contributed by atoms with Crippen LogP contribution in [-0.2, 0) is 13.6 Å². The van der Waals surface area contributed by atoms with Gasteiger partial charge in [-0.3, -0.25) is 9.58 Å². The second-order valence-electron chi connectivity index (χ2n) is 5.06. The van der Waals surface area contributed by atoms with Crippen LogP contribution < -0.4 is 0 Å². The number of aromatic nitrogens is 2. The minimum absolute atomic E-state index is 0.275. The van der Waals surface area contributed by atoms with Crippen molar-refractivity contribution < 1.29 is 5.11 Å². The fourth-order valence-corrected chi connectivity index (χ4v) is 2.67. The Morgan fingerprint density at radius 1 is 1.41 bits per heavy atom. The number of aliphatic hydroxyl groups is 1. The number of aryl methyl sites for hydroxylation is 2. The molecule has 0 radical (unpaired) electrons. The summed E-state index contributed by atoms with van der Waals surface area (Å²) in [6.07, 6.45) is 4.89. The third-order valence-electron chi connectivity index (χ3n) is 3.67. The first-order valence-electron chi connectivity index (χ1n) is 6.55. The Bertz CT molecular complexity index is 362. The van der Waals surface area contributed by atoms with Gasteiger partial charge in [0.15, 0.2) is 0 Å². The van der Waals surface area contributed by atoms with E-state index in [4.69, 9.17) is 0 Å². The summed E-state index contributed by atoms with van der Waals surface area (Å²) in [5.41, 5.74) is 2.31. The number of nitrogens with zero attached hydrogens (tertiary/aromatic N) is 3. The minimum Gasteiger partial charge on any atom is -0.395 e. The molecule has 4 nitrogen and oxygen atoms in total. The summed E-state index contributed by atoms with van der Waals surface area (Å²) in [7, 11) is 1.99. The Kier molecular flexibility index (Phi) is 4.18. The maximum atomic E-state index is 9.47. The number of rotatable bonds is 3. The molecule has 0 spiro atoms. The molecular formula is C13H23N3O. The molecule has 1 aliphatic rings. The summed E-state index contributed by atoms with van der Waals surface area (Å²) in [6, 6.07) is 2.46. The van der Waals surface area contributed by atoms with Crippen LogP contribution in [0.25, 0.3) is 0 Å². The van der Waals surface area contributed by atoms with Gasteiger partial charge in [0.1, 0.15) is 0 Å². The molecule has 1 N–H and O–H groups in total. The molecule has 2 rings (SSSR count). The zero-order valence-electron chi connectivity index (χ0n) is 10.9. The van der Waals surface area contributed by atoms with Gasteiger partial charge in [0.05, 0.1) is 18.0 Å². The molecule has 1 fully saturated rings. The molecule has 0 amide bonds. The van der Waals surface area contributed by atoms with Crippen LogP contribution in [0.4, 0.5) is 0 Å². The SMILES string of the molecule is Cc1cc(CN2CCCCCC2CO)n(C)n1. The highest BCUT2D eigenvalue weighted by molar-refractivity contribution is 5.08. The summed E-state index contributed by atoms with van der Waals surface area (Å²) >= 11 is 0. The molecule has 0 saturated carbocycles. The van der Waals surface area contributed by atoms with E-state index in [-0.39, 0.29) is 6.61 Å². The highest BCUT2D eigenvalue weighted by Crippen LogP contribution is 2.19. The first-order valence-corrected chi connectivity index (χ1v) is 6.55. The van der Waals surface area contributed by atoms with Crippen molar-refractivity contribution in [2.45, 2.75) is 45.2 Å². The predicted octanol–water partition coefficient (Wildman–Crippen LogP) is 1.47. The van der Waals surface area contributed by atoms with Crippen molar-refractivity contribution in [3.8, 4) is 0 Å². The first-order chi connectivity index (χ1) is 8.20. The third kappa shape index (κ3) is 3.07. The summed E-state index contributed by atoms with van der Waals surface area (Å²) in [5, 5.41) is 13.9. The molecule has 4 heteroatoms. The van der Waals surface area contributed by atoms with Gasteiger partial charge < -0.3 is 5.11 Å². The average Bonchev–Trinajstić information content (AvgIpc) is 2.52. The van der Waals surface area contributed by atoms with Crippen molar-refractivity contribution in [2.24, 2.45) is 7.05 Å². The van der Waals surface area contributed by atoms with Crippen molar-refractivity contribution in [1.82, 2.24) is 14.7 Å². The minimum atomic E-state index is 0.275. The van der Waals surface area contributed by atoms with Gasteiger partial charge in [-0.1, -0.05) is 12.8 Å². The number of hydrogen-bond acceptors (Lipinski definition) is 3. The molecule has 1 aliphatic heterocycles. The maximum absolute atomic E-state index is 9.47. The van der Waals surface area contributed by atoms with Gasteiger partial charge in [0.25, 0.3) is 0 Å². The molecule has 1 atom stereocenters. The summed E-state index contributed by atoms with van der Waals surface area (Å²) < 4.78 is 1.95. The zero-order valence-corrected chi connectivity index (χ0v) is 10.9. The highest BCUT2D eigenvalue weighted by Gasteiger charge is 2.21. The van der Waals surface area contributed by atoms with Gasteiger partial charge in [0, 0.05) is 19.6 Å². The van der Waals surface area contributed by atoms with Crippen molar-refractivity contribution >= 4 is 0 Å². The van der Waals surface area contributed by atoms with E-state index in [1.54, 1.807) is 0 Å². The van der Waals surface area contributed by atoms with E-state index < -0.39 is 0 Å². The molecule has 1 aromatic heterocycles. The van der Waals surface area contributed by atoms with Crippen molar-refractivity contribution in [3.05, 3.63) is 17.5 Å². The van der Waals surface area contributed by atoms with E-state index in [2.05, 4.69) is 16.1 Å². The largest absolute Gasteiger partial charge is 0.395 e. The molecule has 1 saturated heterocycles. The van der Waals surface area contributed by atoms with Gasteiger partial charge in [-0.05, 0) is 32.4 Å². The molecule has 1 aromatic rings. The van der Waals surface area contributed by atoms with Gasteiger partial charge >= 0.3 is 0 Å². The molecule has 0 aliphatic carbocycles. The van der Waals surface area contributed by atoms with Crippen LogP contribution in [0.1, 0.15) is 37.1 Å².